The molecular formula is H2CaMn2O10. The van der Waals surface area contributed by atoms with Gasteiger partial charge in [-0.15, -0.1) is 0 Å². The van der Waals surface area contributed by atoms with Crippen LogP contribution in [0.4, 0.5) is 0 Å². The van der Waals surface area contributed by atoms with Gasteiger partial charge in [0, 0.05) is 0 Å². The second kappa shape index (κ2) is 11.0. The molecule has 13 heavy (non-hydrogen) atoms. The number of hydrogen-bond donors (Lipinski definition) is 2. The molecule has 0 aliphatic rings. The topological polar surface area (TPSA) is 189 Å². The van der Waals surface area contributed by atoms with E-state index in [1.807, 2.05) is 0 Å². The van der Waals surface area contributed by atoms with Gasteiger partial charge in [-0.05, 0) is 0 Å². The Balaban J connectivity index is -0.0000000491. The van der Waals surface area contributed by atoms with Crippen LogP contribution in [0.25, 0.3) is 0 Å². The van der Waals surface area contributed by atoms with Crippen LogP contribution in [-0.2, 0) is 48.9 Å². The molecule has 0 saturated carbocycles. The van der Waals surface area contributed by atoms with Crippen molar-refractivity contribution in [1.29, 1.82) is 0 Å². The van der Waals surface area contributed by atoms with Gasteiger partial charge >= 0.3 is 95.1 Å². The molecule has 0 aliphatic carbocycles. The van der Waals surface area contributed by atoms with Crippen LogP contribution < -0.4 is 8.38 Å². The van der Waals surface area contributed by atoms with Crippen LogP contribution in [0.15, 0.2) is 0 Å². The van der Waals surface area contributed by atoms with Crippen molar-refractivity contribution >= 4 is 37.7 Å². The number of hydrogen-bond acceptors (Lipinski definition) is 10. The third-order valence-corrected chi connectivity index (χ3v) is 0. The van der Waals surface area contributed by atoms with Gasteiger partial charge in [-0.25, -0.2) is 0 Å². The van der Waals surface area contributed by atoms with E-state index in [9.17, 15) is 0 Å². The Morgan fingerprint density at radius 3 is 0.692 bits per heavy atom. The van der Waals surface area contributed by atoms with Gasteiger partial charge in [-0.3, -0.25) is 10.5 Å². The van der Waals surface area contributed by atoms with Crippen LogP contribution in [0.1, 0.15) is 0 Å². The van der Waals surface area contributed by atoms with Gasteiger partial charge in [-0.1, -0.05) is 0 Å². The molecule has 0 unspecified atom stereocenters. The zero-order chi connectivity index (χ0) is 11.0. The van der Waals surface area contributed by atoms with Gasteiger partial charge in [0.2, 0.25) is 0 Å². The molecule has 0 atom stereocenters. The Morgan fingerprint density at radius 2 is 0.692 bits per heavy atom. The van der Waals surface area contributed by atoms with E-state index < -0.39 is 25.9 Å². The SMILES string of the molecule is OO.[Ca+2].[O]=[Mn](=[O])(=[O])[O-].[O]=[Mn](=[O])(=[O])[O-]. The molecule has 2 N–H and O–H groups in total. The summed E-state index contributed by atoms with van der Waals surface area (Å²) in [5.41, 5.74) is 0. The minimum atomic E-state index is -5.62. The van der Waals surface area contributed by atoms with Crippen molar-refractivity contribution in [2.45, 2.75) is 0 Å². The van der Waals surface area contributed by atoms with Gasteiger partial charge < -0.3 is 0 Å². The molecule has 0 aromatic rings. The zero-order valence-corrected chi connectivity index (χ0v) is 10.2. The Hall–Kier alpha value is 0.939. The molecule has 0 spiro atoms. The second-order valence-electron chi connectivity index (χ2n) is 0.756. The number of rotatable bonds is 0. The van der Waals surface area contributed by atoms with E-state index >= 15 is 0 Å². The van der Waals surface area contributed by atoms with Crippen molar-refractivity contribution in [2.75, 3.05) is 0 Å². The van der Waals surface area contributed by atoms with Crippen molar-refractivity contribution in [1.82, 2.24) is 0 Å². The first-order valence-corrected chi connectivity index (χ1v) is 5.29. The van der Waals surface area contributed by atoms with E-state index in [1.54, 1.807) is 0 Å². The molecule has 0 heterocycles. The standard InChI is InChI=1S/Ca.2Mn.H2O2.8O/c;;;1-2;;;;;;;;/h;;;1-2H;;;;;;;;/q+2;;;;;;;;;;2*-1. The van der Waals surface area contributed by atoms with Crippen LogP contribution in [-0.4, -0.2) is 48.3 Å². The van der Waals surface area contributed by atoms with Crippen molar-refractivity contribution < 1.29 is 67.8 Å². The fourth-order valence-corrected chi connectivity index (χ4v) is 0. The molecule has 13 heteroatoms. The molecule has 10 nitrogen and oxygen atoms in total. The van der Waals surface area contributed by atoms with Crippen molar-refractivity contribution in [3.8, 4) is 0 Å². The van der Waals surface area contributed by atoms with Crippen LogP contribution in [0.2, 0.25) is 0 Å². The van der Waals surface area contributed by atoms with Crippen LogP contribution in [0, 0.1) is 0 Å². The van der Waals surface area contributed by atoms with Crippen LogP contribution in [0.5, 0.6) is 0 Å². The summed E-state index contributed by atoms with van der Waals surface area (Å²) in [7, 11) is 0. The molecule has 0 amide bonds. The van der Waals surface area contributed by atoms with E-state index in [1.165, 1.54) is 0 Å². The molecule has 0 aromatic carbocycles. The predicted molar refractivity (Wildman–Crippen MR) is 15.1 cm³/mol. The van der Waals surface area contributed by atoms with E-state index in [0.29, 0.717) is 0 Å². The molecule has 0 fully saturated rings. The third kappa shape index (κ3) is 1760. The first kappa shape index (κ1) is 23.6. The van der Waals surface area contributed by atoms with Gasteiger partial charge in [0.1, 0.15) is 0 Å². The Morgan fingerprint density at radius 1 is 0.692 bits per heavy atom. The molecule has 78 valence electrons. The molecule has 0 radical (unpaired) electrons. The fraction of sp³-hybridized carbons (Fsp3) is 0. The molecular weight excluding hydrogens is 310 g/mol. The first-order chi connectivity index (χ1) is 5.00. The monoisotopic (exact) mass is 312 g/mol. The summed E-state index contributed by atoms with van der Waals surface area (Å²) < 4.78 is 68.6. The van der Waals surface area contributed by atoms with E-state index in [-0.39, 0.29) is 37.7 Å². The van der Waals surface area contributed by atoms with Gasteiger partial charge in [-0.2, -0.15) is 0 Å². The second-order valence-corrected chi connectivity index (χ2v) is 3.12. The first-order valence-electron chi connectivity index (χ1n) is 1.43. The van der Waals surface area contributed by atoms with Gasteiger partial charge in [0.05, 0.1) is 0 Å². The summed E-state index contributed by atoms with van der Waals surface area (Å²) >= 11 is -11.2. The maximum atomic E-state index is 8.58. The van der Waals surface area contributed by atoms with Crippen molar-refractivity contribution in [3.05, 3.63) is 0 Å². The fourth-order valence-electron chi connectivity index (χ4n) is 0. The molecule has 0 bridgehead atoms. The summed E-state index contributed by atoms with van der Waals surface area (Å²) in [6.45, 7) is 0. The van der Waals surface area contributed by atoms with Crippen LogP contribution >= 0.6 is 0 Å². The Kier molecular flexibility index (Phi) is 20.0. The third-order valence-electron chi connectivity index (χ3n) is 0. The molecule has 0 saturated heterocycles. The average Bonchev–Trinajstić information content (AvgIpc) is 1.59. The van der Waals surface area contributed by atoms with Gasteiger partial charge in [0.25, 0.3) is 0 Å². The quantitative estimate of drug-likeness (QED) is 0.258. The Labute approximate surface area is 104 Å². The summed E-state index contributed by atoms with van der Waals surface area (Å²) in [5, 5.41) is 12.0. The molecule has 0 aliphatic heterocycles. The zero-order valence-electron chi connectivity index (χ0n) is 5.62. The average molecular weight is 312 g/mol. The predicted octanol–water partition coefficient (Wildman–Crippen LogP) is -3.46. The molecule has 0 rings (SSSR count). The minimum absolute atomic E-state index is 0. The normalized spacial score (nSPS) is 9.23. The summed E-state index contributed by atoms with van der Waals surface area (Å²) in [4.78, 5) is 0. The van der Waals surface area contributed by atoms with E-state index in [2.05, 4.69) is 0 Å². The van der Waals surface area contributed by atoms with Crippen molar-refractivity contribution in [3.63, 3.8) is 0 Å². The van der Waals surface area contributed by atoms with Crippen LogP contribution in [0.3, 0.4) is 0 Å². The Bertz CT molecular complexity index is 297. The summed E-state index contributed by atoms with van der Waals surface area (Å²) in [6, 6.07) is 0. The van der Waals surface area contributed by atoms with Gasteiger partial charge in [0.15, 0.2) is 0 Å². The maximum absolute atomic E-state index is 8.58. The summed E-state index contributed by atoms with van der Waals surface area (Å²) in [5.74, 6) is 0. The van der Waals surface area contributed by atoms with E-state index in [0.717, 1.165) is 0 Å². The van der Waals surface area contributed by atoms with E-state index in [4.69, 9.17) is 41.9 Å². The molecule has 0 aromatic heterocycles. The van der Waals surface area contributed by atoms with Crippen molar-refractivity contribution in [2.24, 2.45) is 0 Å². The summed E-state index contributed by atoms with van der Waals surface area (Å²) in [6.07, 6.45) is 0.